The predicted molar refractivity (Wildman–Crippen MR) is 49.5 cm³/mol. The molecule has 0 bridgehead atoms. The van der Waals surface area contributed by atoms with Crippen LogP contribution in [-0.2, 0) is 0 Å². The van der Waals surface area contributed by atoms with Crippen LogP contribution in [0.15, 0.2) is 0 Å². The molecule has 1 heterocycles. The van der Waals surface area contributed by atoms with Crippen molar-refractivity contribution >= 4 is 80.6 Å². The van der Waals surface area contributed by atoms with Gasteiger partial charge in [-0.05, 0) is 12.8 Å². The first-order valence-electron chi connectivity index (χ1n) is 2.78. The van der Waals surface area contributed by atoms with Gasteiger partial charge in [0, 0.05) is 13.1 Å². The first kappa shape index (κ1) is 10.9. The van der Waals surface area contributed by atoms with E-state index in [1.807, 2.05) is 0 Å². The average Bonchev–Trinajstić information content (AvgIpc) is 2.12. The molecule has 0 saturated carbocycles. The molecule has 1 aliphatic rings. The van der Waals surface area contributed by atoms with Crippen LogP contribution in [0.1, 0.15) is 12.8 Å². The van der Waals surface area contributed by atoms with E-state index in [0.29, 0.717) is 0 Å². The molecule has 48 valence electrons. The summed E-state index contributed by atoms with van der Waals surface area (Å²) in [6, 6.07) is 0. The maximum atomic E-state index is 4.85. The standard InChI is InChI=1S/C5H9NS2.K.H/c7-5(8)6-3-1-2-4-6;;/h1-4H2,(H,7,8);;. The van der Waals surface area contributed by atoms with Gasteiger partial charge in [-0.3, -0.25) is 0 Å². The summed E-state index contributed by atoms with van der Waals surface area (Å²) in [5.41, 5.74) is 0. The Morgan fingerprint density at radius 2 is 1.78 bits per heavy atom. The normalized spacial score (nSPS) is 17.2. The number of likely N-dealkylation sites (tertiary alicyclic amines) is 1. The van der Waals surface area contributed by atoms with E-state index in [-0.39, 0.29) is 51.4 Å². The summed E-state index contributed by atoms with van der Waals surface area (Å²) < 4.78 is 0.752. The van der Waals surface area contributed by atoms with E-state index in [0.717, 1.165) is 17.4 Å². The summed E-state index contributed by atoms with van der Waals surface area (Å²) in [6.45, 7) is 2.23. The fourth-order valence-corrected chi connectivity index (χ4v) is 1.29. The number of thiol groups is 1. The third-order valence-corrected chi connectivity index (χ3v) is 1.92. The number of hydrogen-bond acceptors (Lipinski definition) is 1. The van der Waals surface area contributed by atoms with E-state index < -0.39 is 0 Å². The zero-order valence-corrected chi connectivity index (χ0v) is 6.34. The van der Waals surface area contributed by atoms with E-state index in [9.17, 15) is 0 Å². The van der Waals surface area contributed by atoms with E-state index in [4.69, 9.17) is 12.2 Å². The molecule has 0 aromatic heterocycles. The van der Waals surface area contributed by atoms with Crippen molar-refractivity contribution < 1.29 is 0 Å². The van der Waals surface area contributed by atoms with E-state index in [2.05, 4.69) is 17.5 Å². The molecule has 0 spiro atoms. The van der Waals surface area contributed by atoms with Gasteiger partial charge in [-0.15, -0.1) is 12.6 Å². The molecule has 4 heteroatoms. The van der Waals surface area contributed by atoms with Crippen LogP contribution in [-0.4, -0.2) is 73.7 Å². The van der Waals surface area contributed by atoms with Crippen LogP contribution >= 0.6 is 24.8 Å². The van der Waals surface area contributed by atoms with Gasteiger partial charge in [0.1, 0.15) is 4.32 Å². The zero-order chi connectivity index (χ0) is 5.98. The number of nitrogens with zero attached hydrogens (tertiary/aromatic N) is 1. The van der Waals surface area contributed by atoms with Gasteiger partial charge in [0.05, 0.1) is 0 Å². The van der Waals surface area contributed by atoms with Gasteiger partial charge in [0.25, 0.3) is 0 Å². The number of hydrogen-bond donors (Lipinski definition) is 1. The molecule has 1 fully saturated rings. The summed E-state index contributed by atoms with van der Waals surface area (Å²) in [6.07, 6.45) is 2.56. The minimum absolute atomic E-state index is 0. The van der Waals surface area contributed by atoms with Crippen LogP contribution in [0.5, 0.6) is 0 Å². The molecule has 0 N–H and O–H groups in total. The molecule has 1 rings (SSSR count). The maximum absolute atomic E-state index is 4.85. The van der Waals surface area contributed by atoms with Gasteiger partial charge in [-0.25, -0.2) is 0 Å². The first-order chi connectivity index (χ1) is 3.80. The summed E-state index contributed by atoms with van der Waals surface area (Å²) in [5, 5.41) is 0. The van der Waals surface area contributed by atoms with Crippen molar-refractivity contribution in [1.29, 1.82) is 0 Å². The summed E-state index contributed by atoms with van der Waals surface area (Å²) in [7, 11) is 0. The Morgan fingerprint density at radius 1 is 1.33 bits per heavy atom. The Bertz CT molecular complexity index is 101. The summed E-state index contributed by atoms with van der Waals surface area (Å²) >= 11 is 8.90. The Hall–Kier alpha value is 1.88. The molecule has 0 atom stereocenters. The van der Waals surface area contributed by atoms with Gasteiger partial charge in [0.15, 0.2) is 0 Å². The van der Waals surface area contributed by atoms with E-state index in [1.165, 1.54) is 12.8 Å². The predicted octanol–water partition coefficient (Wildman–Crippen LogP) is 0.648. The molecular formula is C5H10KNS2. The quantitative estimate of drug-likeness (QED) is 0.337. The molecule has 0 radical (unpaired) electrons. The van der Waals surface area contributed by atoms with Crippen molar-refractivity contribution in [3.05, 3.63) is 0 Å². The molecule has 1 saturated heterocycles. The Kier molecular flexibility index (Phi) is 6.67. The second-order valence-corrected chi connectivity index (χ2v) is 3.09. The zero-order valence-electron chi connectivity index (χ0n) is 4.63. The van der Waals surface area contributed by atoms with Crippen molar-refractivity contribution in [2.45, 2.75) is 12.8 Å². The molecule has 0 unspecified atom stereocenters. The Labute approximate surface area is 109 Å². The number of rotatable bonds is 0. The molecular weight excluding hydrogens is 177 g/mol. The van der Waals surface area contributed by atoms with Gasteiger partial charge in [-0.1, -0.05) is 12.2 Å². The summed E-state index contributed by atoms with van der Waals surface area (Å²) in [5.74, 6) is 0. The second-order valence-electron chi connectivity index (χ2n) is 1.98. The SMILES string of the molecule is S=C(S)N1CCCC1.[KH]. The van der Waals surface area contributed by atoms with Crippen LogP contribution in [0, 0.1) is 0 Å². The van der Waals surface area contributed by atoms with Crippen LogP contribution in [0.4, 0.5) is 0 Å². The molecule has 0 aromatic rings. The third-order valence-electron chi connectivity index (χ3n) is 1.38. The third kappa shape index (κ3) is 3.70. The molecule has 1 aliphatic heterocycles. The Morgan fingerprint density at radius 3 is 2.00 bits per heavy atom. The van der Waals surface area contributed by atoms with Crippen molar-refractivity contribution in [3.63, 3.8) is 0 Å². The van der Waals surface area contributed by atoms with Crippen LogP contribution in [0.3, 0.4) is 0 Å². The first-order valence-corrected chi connectivity index (χ1v) is 3.64. The summed E-state index contributed by atoms with van der Waals surface area (Å²) in [4.78, 5) is 2.12. The average molecular weight is 187 g/mol. The fourth-order valence-electron chi connectivity index (χ4n) is 0.908. The Balaban J connectivity index is 0.000000640. The topological polar surface area (TPSA) is 3.24 Å². The minimum atomic E-state index is 0. The van der Waals surface area contributed by atoms with Gasteiger partial charge >= 0.3 is 51.4 Å². The van der Waals surface area contributed by atoms with Crippen molar-refractivity contribution in [2.24, 2.45) is 0 Å². The van der Waals surface area contributed by atoms with Crippen molar-refractivity contribution in [1.82, 2.24) is 4.90 Å². The van der Waals surface area contributed by atoms with Gasteiger partial charge < -0.3 is 4.90 Å². The molecule has 1 nitrogen and oxygen atoms in total. The van der Waals surface area contributed by atoms with Crippen molar-refractivity contribution in [2.75, 3.05) is 13.1 Å². The molecule has 9 heavy (non-hydrogen) atoms. The monoisotopic (exact) mass is 187 g/mol. The van der Waals surface area contributed by atoms with Gasteiger partial charge in [0.2, 0.25) is 0 Å². The fraction of sp³-hybridized carbons (Fsp3) is 0.800. The van der Waals surface area contributed by atoms with E-state index in [1.54, 1.807) is 0 Å². The molecule has 0 aliphatic carbocycles. The van der Waals surface area contributed by atoms with Crippen LogP contribution < -0.4 is 0 Å². The van der Waals surface area contributed by atoms with Gasteiger partial charge in [-0.2, -0.15) is 0 Å². The van der Waals surface area contributed by atoms with Crippen molar-refractivity contribution in [3.8, 4) is 0 Å². The van der Waals surface area contributed by atoms with E-state index >= 15 is 0 Å². The van der Waals surface area contributed by atoms with Crippen LogP contribution in [0.25, 0.3) is 0 Å². The molecule has 0 amide bonds. The molecule has 0 aromatic carbocycles. The number of thiocarbonyl (C=S) groups is 1. The van der Waals surface area contributed by atoms with Crippen LogP contribution in [0.2, 0.25) is 0 Å². The second kappa shape index (κ2) is 5.52.